The van der Waals surface area contributed by atoms with Crippen molar-refractivity contribution >= 4 is 11.4 Å². The number of piperidine rings is 1. The molecular weight excluding hydrogens is 269 g/mol. The van der Waals surface area contributed by atoms with E-state index in [0.717, 1.165) is 31.6 Å². The third kappa shape index (κ3) is 4.24. The third-order valence-corrected chi connectivity index (χ3v) is 3.89. The van der Waals surface area contributed by atoms with E-state index in [4.69, 9.17) is 10.5 Å². The standard InChI is InChI=1S/C16H26FN3O/c1-3-7-20-8-5-12(6-9-20)19-15-11-16(21-4-2)13(17)10-14(15)18/h10-12,19H,3-9,18H2,1-2H3. The molecular formula is C16H26FN3O. The zero-order valence-electron chi connectivity index (χ0n) is 13.0. The summed E-state index contributed by atoms with van der Waals surface area (Å²) in [5.41, 5.74) is 7.12. The van der Waals surface area contributed by atoms with E-state index in [1.807, 2.05) is 6.92 Å². The number of nitrogen functional groups attached to an aromatic ring is 1. The van der Waals surface area contributed by atoms with Crippen molar-refractivity contribution in [1.82, 2.24) is 4.90 Å². The van der Waals surface area contributed by atoms with Crippen LogP contribution in [0.3, 0.4) is 0 Å². The average molecular weight is 295 g/mol. The Balaban J connectivity index is 1.98. The molecule has 4 nitrogen and oxygen atoms in total. The predicted octanol–water partition coefficient (Wildman–Crippen LogP) is 3.09. The monoisotopic (exact) mass is 295 g/mol. The maximum atomic E-state index is 13.7. The first-order valence-corrected chi connectivity index (χ1v) is 7.84. The Bertz CT molecular complexity index is 459. The molecule has 0 spiro atoms. The lowest BCUT2D eigenvalue weighted by Gasteiger charge is -2.32. The third-order valence-electron chi connectivity index (χ3n) is 3.89. The zero-order chi connectivity index (χ0) is 15.2. The molecule has 0 unspecified atom stereocenters. The van der Waals surface area contributed by atoms with E-state index in [0.29, 0.717) is 18.3 Å². The lowest BCUT2D eigenvalue weighted by atomic mass is 10.0. The fourth-order valence-corrected chi connectivity index (χ4v) is 2.80. The number of nitrogens with one attached hydrogen (secondary N) is 1. The van der Waals surface area contributed by atoms with Crippen molar-refractivity contribution in [3.63, 3.8) is 0 Å². The van der Waals surface area contributed by atoms with Gasteiger partial charge in [0.25, 0.3) is 0 Å². The second-order valence-electron chi connectivity index (χ2n) is 5.56. The summed E-state index contributed by atoms with van der Waals surface area (Å²) in [5.74, 6) is -0.143. The van der Waals surface area contributed by atoms with Crippen LogP contribution in [-0.4, -0.2) is 37.2 Å². The quantitative estimate of drug-likeness (QED) is 0.792. The van der Waals surface area contributed by atoms with E-state index in [1.54, 1.807) is 6.07 Å². The number of likely N-dealkylation sites (tertiary alicyclic amines) is 1. The SMILES string of the molecule is CCCN1CCC(Nc2cc(OCC)c(F)cc2N)CC1. The Morgan fingerprint density at radius 2 is 2.05 bits per heavy atom. The molecule has 3 N–H and O–H groups in total. The smallest absolute Gasteiger partial charge is 0.167 e. The van der Waals surface area contributed by atoms with Crippen LogP contribution in [0.1, 0.15) is 33.1 Å². The van der Waals surface area contributed by atoms with Gasteiger partial charge >= 0.3 is 0 Å². The molecule has 1 aromatic carbocycles. The molecule has 1 fully saturated rings. The van der Waals surface area contributed by atoms with Crippen molar-refractivity contribution in [3.05, 3.63) is 17.9 Å². The van der Waals surface area contributed by atoms with Gasteiger partial charge in [-0.15, -0.1) is 0 Å². The summed E-state index contributed by atoms with van der Waals surface area (Å²) in [7, 11) is 0. The van der Waals surface area contributed by atoms with Crippen LogP contribution in [0.4, 0.5) is 15.8 Å². The minimum absolute atomic E-state index is 0.262. The largest absolute Gasteiger partial charge is 0.491 e. The number of halogens is 1. The van der Waals surface area contributed by atoms with Gasteiger partial charge in [-0.2, -0.15) is 0 Å². The van der Waals surface area contributed by atoms with E-state index in [9.17, 15) is 4.39 Å². The second kappa shape index (κ2) is 7.50. The molecule has 2 rings (SSSR count). The lowest BCUT2D eigenvalue weighted by Crippen LogP contribution is -2.39. The van der Waals surface area contributed by atoms with Crippen molar-refractivity contribution < 1.29 is 9.13 Å². The number of hydrogen-bond acceptors (Lipinski definition) is 4. The van der Waals surface area contributed by atoms with Crippen molar-refractivity contribution in [2.24, 2.45) is 0 Å². The fraction of sp³-hybridized carbons (Fsp3) is 0.625. The number of nitrogens with zero attached hydrogens (tertiary/aromatic N) is 1. The Labute approximate surface area is 126 Å². The molecule has 0 radical (unpaired) electrons. The summed E-state index contributed by atoms with van der Waals surface area (Å²) < 4.78 is 19.0. The number of anilines is 2. The van der Waals surface area contributed by atoms with Gasteiger partial charge in [-0.3, -0.25) is 0 Å². The molecule has 1 aromatic rings. The van der Waals surface area contributed by atoms with Gasteiger partial charge in [0.2, 0.25) is 0 Å². The van der Waals surface area contributed by atoms with Crippen LogP contribution < -0.4 is 15.8 Å². The highest BCUT2D eigenvalue weighted by molar-refractivity contribution is 5.69. The molecule has 1 saturated heterocycles. The number of nitrogens with two attached hydrogens (primary N) is 1. The maximum Gasteiger partial charge on any atom is 0.167 e. The molecule has 0 amide bonds. The molecule has 5 heteroatoms. The molecule has 0 aliphatic carbocycles. The highest BCUT2D eigenvalue weighted by Gasteiger charge is 2.19. The van der Waals surface area contributed by atoms with Crippen molar-refractivity contribution in [3.8, 4) is 5.75 Å². The second-order valence-corrected chi connectivity index (χ2v) is 5.56. The van der Waals surface area contributed by atoms with Crippen LogP contribution >= 0.6 is 0 Å². The van der Waals surface area contributed by atoms with Gasteiger partial charge in [0.05, 0.1) is 18.0 Å². The van der Waals surface area contributed by atoms with E-state index in [1.165, 1.54) is 19.0 Å². The van der Waals surface area contributed by atoms with E-state index in [-0.39, 0.29) is 5.75 Å². The van der Waals surface area contributed by atoms with Crippen LogP contribution in [0.2, 0.25) is 0 Å². The van der Waals surface area contributed by atoms with Gasteiger partial charge in [0, 0.05) is 31.3 Å². The molecule has 118 valence electrons. The summed E-state index contributed by atoms with van der Waals surface area (Å²) in [6.45, 7) is 7.86. The Hall–Kier alpha value is -1.49. The average Bonchev–Trinajstić information content (AvgIpc) is 2.46. The van der Waals surface area contributed by atoms with Crippen LogP contribution in [-0.2, 0) is 0 Å². The highest BCUT2D eigenvalue weighted by atomic mass is 19.1. The molecule has 0 saturated carbocycles. The van der Waals surface area contributed by atoms with E-state index >= 15 is 0 Å². The molecule has 0 bridgehead atoms. The fourth-order valence-electron chi connectivity index (χ4n) is 2.80. The first-order chi connectivity index (χ1) is 10.1. The lowest BCUT2D eigenvalue weighted by molar-refractivity contribution is 0.219. The van der Waals surface area contributed by atoms with Gasteiger partial charge in [-0.1, -0.05) is 6.92 Å². The van der Waals surface area contributed by atoms with Crippen molar-refractivity contribution in [1.29, 1.82) is 0 Å². The summed E-state index contributed by atoms with van der Waals surface area (Å²) >= 11 is 0. The molecule has 0 aromatic heterocycles. The van der Waals surface area contributed by atoms with Crippen molar-refractivity contribution in [2.45, 2.75) is 39.2 Å². The Morgan fingerprint density at radius 3 is 2.67 bits per heavy atom. The number of benzene rings is 1. The summed E-state index contributed by atoms with van der Waals surface area (Å²) in [4.78, 5) is 2.48. The highest BCUT2D eigenvalue weighted by Crippen LogP contribution is 2.30. The number of ether oxygens (including phenoxy) is 1. The minimum atomic E-state index is -0.405. The molecule has 1 aliphatic heterocycles. The topological polar surface area (TPSA) is 50.5 Å². The van der Waals surface area contributed by atoms with E-state index < -0.39 is 5.82 Å². The molecule has 1 heterocycles. The first kappa shape index (κ1) is 15.9. The summed E-state index contributed by atoms with van der Waals surface area (Å²) in [6, 6.07) is 3.40. The van der Waals surface area contributed by atoms with E-state index in [2.05, 4.69) is 17.1 Å². The van der Waals surface area contributed by atoms with Gasteiger partial charge < -0.3 is 20.7 Å². The summed E-state index contributed by atoms with van der Waals surface area (Å²) in [5, 5.41) is 3.44. The normalized spacial score (nSPS) is 16.9. The molecule has 21 heavy (non-hydrogen) atoms. The number of rotatable bonds is 6. The first-order valence-electron chi connectivity index (χ1n) is 7.84. The van der Waals surface area contributed by atoms with Gasteiger partial charge in [0.1, 0.15) is 0 Å². The van der Waals surface area contributed by atoms with Crippen LogP contribution in [0.25, 0.3) is 0 Å². The predicted molar refractivity (Wildman–Crippen MR) is 85.4 cm³/mol. The number of hydrogen-bond donors (Lipinski definition) is 2. The van der Waals surface area contributed by atoms with Crippen LogP contribution in [0.15, 0.2) is 12.1 Å². The molecule has 0 atom stereocenters. The van der Waals surface area contributed by atoms with Gasteiger partial charge in [-0.05, 0) is 32.7 Å². The minimum Gasteiger partial charge on any atom is -0.491 e. The Kier molecular flexibility index (Phi) is 5.67. The van der Waals surface area contributed by atoms with Gasteiger partial charge in [-0.25, -0.2) is 4.39 Å². The molecule has 1 aliphatic rings. The summed E-state index contributed by atoms with van der Waals surface area (Å²) in [6.07, 6.45) is 3.36. The van der Waals surface area contributed by atoms with Crippen LogP contribution in [0.5, 0.6) is 5.75 Å². The Morgan fingerprint density at radius 1 is 1.33 bits per heavy atom. The van der Waals surface area contributed by atoms with Crippen molar-refractivity contribution in [2.75, 3.05) is 37.3 Å². The van der Waals surface area contributed by atoms with Crippen LogP contribution in [0, 0.1) is 5.82 Å². The van der Waals surface area contributed by atoms with Gasteiger partial charge in [0.15, 0.2) is 11.6 Å². The maximum absolute atomic E-state index is 13.7. The zero-order valence-corrected chi connectivity index (χ0v) is 13.0.